The lowest BCUT2D eigenvalue weighted by Crippen LogP contribution is -2.21. The highest BCUT2D eigenvalue weighted by atomic mass is 16.6. The lowest BCUT2D eigenvalue weighted by atomic mass is 9.84. The minimum absolute atomic E-state index is 0.217. The van der Waals surface area contributed by atoms with Gasteiger partial charge in [-0.2, -0.15) is 0 Å². The molecule has 2 aromatic carbocycles. The van der Waals surface area contributed by atoms with Gasteiger partial charge in [0.05, 0.1) is 39.6 Å². The van der Waals surface area contributed by atoms with E-state index in [-0.39, 0.29) is 24.8 Å². The molecule has 0 saturated heterocycles. The summed E-state index contributed by atoms with van der Waals surface area (Å²) >= 11 is 0. The second-order valence-electron chi connectivity index (χ2n) is 6.96. The average molecular weight is 444 g/mol. The smallest absolute Gasteiger partial charge is 0.194 e. The number of carbonyl (C=O) groups excluding carboxylic acids is 2. The van der Waals surface area contributed by atoms with Crippen molar-refractivity contribution in [1.82, 2.24) is 0 Å². The van der Waals surface area contributed by atoms with Gasteiger partial charge < -0.3 is 28.4 Å². The highest BCUT2D eigenvalue weighted by Crippen LogP contribution is 2.36. The maximum atomic E-state index is 13.0. The van der Waals surface area contributed by atoms with Gasteiger partial charge in [0, 0.05) is 36.5 Å². The molecular formula is C24H28O8. The molecule has 172 valence electrons. The fourth-order valence-corrected chi connectivity index (χ4v) is 3.24. The average Bonchev–Trinajstić information content (AvgIpc) is 2.82. The third-order valence-electron chi connectivity index (χ3n) is 4.82. The number of hydrogen-bond acceptors (Lipinski definition) is 8. The Morgan fingerprint density at radius 3 is 1.38 bits per heavy atom. The molecule has 3 rings (SSSR count). The summed E-state index contributed by atoms with van der Waals surface area (Å²) in [6, 6.07) is 9.94. The van der Waals surface area contributed by atoms with Crippen LogP contribution in [0, 0.1) is 0 Å². The van der Waals surface area contributed by atoms with Crippen LogP contribution in [0.2, 0.25) is 0 Å². The highest BCUT2D eigenvalue weighted by molar-refractivity contribution is 6.28. The van der Waals surface area contributed by atoms with E-state index in [0.717, 1.165) is 0 Å². The van der Waals surface area contributed by atoms with Crippen LogP contribution in [0.25, 0.3) is 0 Å². The molecule has 0 fully saturated rings. The first-order valence-corrected chi connectivity index (χ1v) is 10.4. The van der Waals surface area contributed by atoms with Gasteiger partial charge in [0.25, 0.3) is 0 Å². The Bertz CT molecular complexity index is 850. The highest BCUT2D eigenvalue weighted by Gasteiger charge is 2.31. The fourth-order valence-electron chi connectivity index (χ4n) is 3.24. The summed E-state index contributed by atoms with van der Waals surface area (Å²) in [6.07, 6.45) is 0. The number of benzene rings is 2. The summed E-state index contributed by atoms with van der Waals surface area (Å²) in [5.41, 5.74) is 1.37. The molecule has 8 nitrogen and oxygen atoms in total. The summed E-state index contributed by atoms with van der Waals surface area (Å²) in [4.78, 5) is 26.0. The zero-order chi connectivity index (χ0) is 22.8. The van der Waals surface area contributed by atoms with Crippen LogP contribution >= 0.6 is 0 Å². The molecule has 1 aliphatic carbocycles. The predicted octanol–water partition coefficient (Wildman–Crippen LogP) is 2.55. The summed E-state index contributed by atoms with van der Waals surface area (Å²) in [5, 5.41) is 0. The maximum absolute atomic E-state index is 13.0. The summed E-state index contributed by atoms with van der Waals surface area (Å²) in [6.45, 7) is 3.08. The zero-order valence-electron chi connectivity index (χ0n) is 18.4. The zero-order valence-corrected chi connectivity index (χ0v) is 18.4. The Kier molecular flexibility index (Phi) is 9.18. The molecule has 0 radical (unpaired) electrons. The standard InChI is InChI=1S/C24H28O8/c1-27-7-9-29-11-13-31-21-15-19-20(16-22(21)32-14-12-30-10-8-28-2)24(26)18-6-4-3-5-17(18)23(19)25/h3-6,15-16H,7-14H2,1-2H3. The lowest BCUT2D eigenvalue weighted by molar-refractivity contribution is 0.0498. The molecule has 0 atom stereocenters. The number of ketones is 2. The quantitative estimate of drug-likeness (QED) is 0.351. The molecule has 1 aliphatic rings. The van der Waals surface area contributed by atoms with Gasteiger partial charge in [-0.05, 0) is 12.1 Å². The van der Waals surface area contributed by atoms with Crippen LogP contribution < -0.4 is 9.47 Å². The van der Waals surface area contributed by atoms with E-state index in [1.165, 1.54) is 0 Å². The SMILES string of the molecule is COCCOCCOc1cc2c(cc1OCCOCCOC)C(=O)c1ccccc1C2=O. The van der Waals surface area contributed by atoms with E-state index in [0.29, 0.717) is 73.4 Å². The Hall–Kier alpha value is -2.78. The minimum atomic E-state index is -0.217. The number of hydrogen-bond donors (Lipinski definition) is 0. The first-order valence-electron chi connectivity index (χ1n) is 10.4. The summed E-state index contributed by atoms with van der Waals surface area (Å²) in [5.74, 6) is 0.310. The first-order chi connectivity index (χ1) is 15.7. The number of methoxy groups -OCH3 is 2. The molecular weight excluding hydrogens is 416 g/mol. The van der Waals surface area contributed by atoms with Crippen molar-refractivity contribution in [1.29, 1.82) is 0 Å². The number of fused-ring (bicyclic) bond motifs is 2. The Morgan fingerprint density at radius 1 is 0.562 bits per heavy atom. The first kappa shape index (κ1) is 23.9. The number of carbonyl (C=O) groups is 2. The predicted molar refractivity (Wildman–Crippen MR) is 116 cm³/mol. The van der Waals surface area contributed by atoms with Crippen molar-refractivity contribution in [2.45, 2.75) is 0 Å². The summed E-state index contributed by atoms with van der Waals surface area (Å²) in [7, 11) is 3.21. The lowest BCUT2D eigenvalue weighted by Gasteiger charge is -2.21. The molecule has 8 heteroatoms. The normalized spacial score (nSPS) is 12.4. The third-order valence-corrected chi connectivity index (χ3v) is 4.82. The molecule has 0 heterocycles. The second-order valence-corrected chi connectivity index (χ2v) is 6.96. The molecule has 0 aromatic heterocycles. The molecule has 32 heavy (non-hydrogen) atoms. The van der Waals surface area contributed by atoms with E-state index in [1.54, 1.807) is 50.6 Å². The monoisotopic (exact) mass is 444 g/mol. The van der Waals surface area contributed by atoms with E-state index >= 15 is 0 Å². The number of rotatable bonds is 14. The van der Waals surface area contributed by atoms with Crippen LogP contribution in [-0.4, -0.2) is 78.6 Å². The number of ether oxygens (including phenoxy) is 6. The van der Waals surface area contributed by atoms with E-state index in [1.807, 2.05) is 0 Å². The van der Waals surface area contributed by atoms with Crippen LogP contribution in [0.1, 0.15) is 31.8 Å². The third kappa shape index (κ3) is 5.92. The topological polar surface area (TPSA) is 89.5 Å². The van der Waals surface area contributed by atoms with Gasteiger partial charge in [0.15, 0.2) is 23.1 Å². The molecule has 0 bridgehead atoms. The largest absolute Gasteiger partial charge is 0.487 e. The van der Waals surface area contributed by atoms with Crippen molar-refractivity contribution in [2.75, 3.05) is 67.1 Å². The minimum Gasteiger partial charge on any atom is -0.487 e. The fraction of sp³-hybridized carbons (Fsp3) is 0.417. The van der Waals surface area contributed by atoms with Crippen molar-refractivity contribution >= 4 is 11.6 Å². The van der Waals surface area contributed by atoms with E-state index in [2.05, 4.69) is 0 Å². The van der Waals surface area contributed by atoms with Crippen LogP contribution in [0.15, 0.2) is 36.4 Å². The van der Waals surface area contributed by atoms with Crippen molar-refractivity contribution in [3.05, 3.63) is 58.7 Å². The molecule has 0 aliphatic heterocycles. The van der Waals surface area contributed by atoms with Crippen LogP contribution in [0.4, 0.5) is 0 Å². The second kappa shape index (κ2) is 12.3. The van der Waals surface area contributed by atoms with Gasteiger partial charge in [-0.15, -0.1) is 0 Å². The van der Waals surface area contributed by atoms with E-state index < -0.39 is 0 Å². The van der Waals surface area contributed by atoms with Crippen LogP contribution in [0.3, 0.4) is 0 Å². The molecule has 0 amide bonds. The van der Waals surface area contributed by atoms with Crippen molar-refractivity contribution in [3.63, 3.8) is 0 Å². The van der Waals surface area contributed by atoms with Crippen molar-refractivity contribution < 1.29 is 38.0 Å². The Morgan fingerprint density at radius 2 is 0.969 bits per heavy atom. The molecule has 0 spiro atoms. The molecule has 0 unspecified atom stereocenters. The van der Waals surface area contributed by atoms with Crippen molar-refractivity contribution in [3.8, 4) is 11.5 Å². The Balaban J connectivity index is 1.76. The van der Waals surface area contributed by atoms with Gasteiger partial charge >= 0.3 is 0 Å². The molecule has 0 N–H and O–H groups in total. The molecule has 0 saturated carbocycles. The van der Waals surface area contributed by atoms with Crippen molar-refractivity contribution in [2.24, 2.45) is 0 Å². The van der Waals surface area contributed by atoms with Gasteiger partial charge in [-0.25, -0.2) is 0 Å². The van der Waals surface area contributed by atoms with Crippen LogP contribution in [-0.2, 0) is 18.9 Å². The summed E-state index contributed by atoms with van der Waals surface area (Å²) < 4.78 is 32.4. The van der Waals surface area contributed by atoms with Gasteiger partial charge in [0.2, 0.25) is 0 Å². The van der Waals surface area contributed by atoms with Crippen LogP contribution in [0.5, 0.6) is 11.5 Å². The van der Waals surface area contributed by atoms with E-state index in [4.69, 9.17) is 28.4 Å². The van der Waals surface area contributed by atoms with Gasteiger partial charge in [-0.3, -0.25) is 9.59 Å². The van der Waals surface area contributed by atoms with Gasteiger partial charge in [0.1, 0.15) is 13.2 Å². The van der Waals surface area contributed by atoms with E-state index in [9.17, 15) is 9.59 Å². The maximum Gasteiger partial charge on any atom is 0.194 e. The van der Waals surface area contributed by atoms with Gasteiger partial charge in [-0.1, -0.05) is 24.3 Å². The molecule has 2 aromatic rings. The Labute approximate surface area is 187 Å².